The van der Waals surface area contributed by atoms with E-state index in [0.717, 1.165) is 6.42 Å². The molecule has 1 saturated carbocycles. The van der Waals surface area contributed by atoms with Crippen LogP contribution in [0.5, 0.6) is 0 Å². The van der Waals surface area contributed by atoms with Gasteiger partial charge in [-0.3, -0.25) is 9.00 Å². The number of ketones is 1. The van der Waals surface area contributed by atoms with Crippen molar-refractivity contribution in [1.82, 2.24) is 0 Å². The van der Waals surface area contributed by atoms with Crippen LogP contribution in [-0.2, 0) is 15.6 Å². The van der Waals surface area contributed by atoms with Crippen LogP contribution in [-0.4, -0.2) is 21.5 Å². The predicted molar refractivity (Wildman–Crippen MR) is 59.7 cm³/mol. The maximum atomic E-state index is 11.6. The average Bonchev–Trinajstić information content (AvgIpc) is 2.01. The van der Waals surface area contributed by atoms with E-state index in [1.165, 1.54) is 0 Å². The quantitative estimate of drug-likeness (QED) is 0.673. The molecule has 0 aromatic rings. The zero-order chi connectivity index (χ0) is 10.9. The zero-order valence-electron chi connectivity index (χ0n) is 9.50. The van der Waals surface area contributed by atoms with Crippen LogP contribution in [0.25, 0.3) is 0 Å². The van der Waals surface area contributed by atoms with Gasteiger partial charge in [0.15, 0.2) is 0 Å². The fourth-order valence-electron chi connectivity index (χ4n) is 2.31. The molecule has 1 aliphatic carbocycles. The third-order valence-corrected chi connectivity index (χ3v) is 4.50. The zero-order valence-corrected chi connectivity index (χ0v) is 10.3. The fraction of sp³-hybridized carbons (Fsp3) is 0.909. The lowest BCUT2D eigenvalue weighted by atomic mass is 9.72. The van der Waals surface area contributed by atoms with Crippen molar-refractivity contribution in [1.29, 1.82) is 0 Å². The number of Topliss-reactive ketones (excluding diaryl/α,β-unsaturated/α-hetero) is 1. The minimum absolute atomic E-state index is 0.0799. The summed E-state index contributed by atoms with van der Waals surface area (Å²) in [5.74, 6) is 0.705. The molecular formula is C11H20O2S. The van der Waals surface area contributed by atoms with Crippen LogP contribution in [0.4, 0.5) is 0 Å². The largest absolute Gasteiger partial charge is 0.300 e. The summed E-state index contributed by atoms with van der Waals surface area (Å²) in [5.41, 5.74) is 0.164. The Morgan fingerprint density at radius 3 is 2.36 bits per heavy atom. The van der Waals surface area contributed by atoms with Gasteiger partial charge in [-0.1, -0.05) is 20.8 Å². The van der Waals surface area contributed by atoms with Gasteiger partial charge in [-0.25, -0.2) is 0 Å². The molecule has 3 unspecified atom stereocenters. The second kappa shape index (κ2) is 4.13. The van der Waals surface area contributed by atoms with Crippen molar-refractivity contribution in [3.63, 3.8) is 0 Å². The summed E-state index contributed by atoms with van der Waals surface area (Å²) in [7, 11) is -0.870. The Morgan fingerprint density at radius 1 is 1.36 bits per heavy atom. The van der Waals surface area contributed by atoms with Crippen molar-refractivity contribution < 1.29 is 9.00 Å². The summed E-state index contributed by atoms with van der Waals surface area (Å²) in [6, 6.07) is 0. The van der Waals surface area contributed by atoms with Crippen LogP contribution in [0, 0.1) is 11.3 Å². The van der Waals surface area contributed by atoms with E-state index in [2.05, 4.69) is 20.8 Å². The SMILES string of the molecule is CS(=O)C1CC(=O)CCC1C(C)(C)C. The predicted octanol–water partition coefficient (Wildman–Crippen LogP) is 2.15. The molecular weight excluding hydrogens is 196 g/mol. The Morgan fingerprint density at radius 2 is 1.93 bits per heavy atom. The smallest absolute Gasteiger partial charge is 0.134 e. The minimum atomic E-state index is -0.870. The molecule has 0 aromatic heterocycles. The van der Waals surface area contributed by atoms with Gasteiger partial charge in [0.25, 0.3) is 0 Å². The lowest BCUT2D eigenvalue weighted by molar-refractivity contribution is -0.121. The summed E-state index contributed by atoms with van der Waals surface area (Å²) in [4.78, 5) is 11.3. The molecule has 2 nitrogen and oxygen atoms in total. The number of carbonyl (C=O) groups is 1. The second-order valence-corrected chi connectivity index (χ2v) is 6.89. The standard InChI is InChI=1S/C11H20O2S/c1-11(2,3)9-6-5-8(12)7-10(9)14(4)13/h9-10H,5-7H2,1-4H3. The molecule has 0 aliphatic heterocycles. The first-order valence-electron chi connectivity index (χ1n) is 5.16. The first-order valence-corrected chi connectivity index (χ1v) is 6.78. The average molecular weight is 216 g/mol. The van der Waals surface area contributed by atoms with Gasteiger partial charge >= 0.3 is 0 Å². The van der Waals surface area contributed by atoms with E-state index in [4.69, 9.17) is 0 Å². The highest BCUT2D eigenvalue weighted by Gasteiger charge is 2.38. The Labute approximate surface area is 88.9 Å². The van der Waals surface area contributed by atoms with Crippen molar-refractivity contribution in [2.75, 3.05) is 6.26 Å². The molecule has 1 fully saturated rings. The number of rotatable bonds is 1. The summed E-state index contributed by atoms with van der Waals surface area (Å²) in [5, 5.41) is 0.0799. The van der Waals surface area contributed by atoms with Crippen LogP contribution in [0.1, 0.15) is 40.0 Å². The van der Waals surface area contributed by atoms with E-state index in [1.54, 1.807) is 6.26 Å². The molecule has 14 heavy (non-hydrogen) atoms. The van der Waals surface area contributed by atoms with E-state index in [1.807, 2.05) is 0 Å². The van der Waals surface area contributed by atoms with Crippen molar-refractivity contribution in [2.45, 2.75) is 45.3 Å². The maximum absolute atomic E-state index is 11.6. The van der Waals surface area contributed by atoms with Gasteiger partial charge in [0.1, 0.15) is 5.78 Å². The van der Waals surface area contributed by atoms with Gasteiger partial charge < -0.3 is 0 Å². The van der Waals surface area contributed by atoms with Crippen LogP contribution >= 0.6 is 0 Å². The van der Waals surface area contributed by atoms with Gasteiger partial charge in [-0.15, -0.1) is 0 Å². The molecule has 0 amide bonds. The lowest BCUT2D eigenvalue weighted by Crippen LogP contribution is -2.40. The molecule has 3 heteroatoms. The number of carbonyl (C=O) groups excluding carboxylic acids is 1. The van der Waals surface area contributed by atoms with E-state index >= 15 is 0 Å². The topological polar surface area (TPSA) is 34.1 Å². The van der Waals surface area contributed by atoms with Gasteiger partial charge in [-0.2, -0.15) is 0 Å². The molecule has 1 rings (SSSR count). The molecule has 0 bridgehead atoms. The summed E-state index contributed by atoms with van der Waals surface area (Å²) >= 11 is 0. The van der Waals surface area contributed by atoms with Crippen molar-refractivity contribution in [2.24, 2.45) is 11.3 Å². The molecule has 0 N–H and O–H groups in total. The molecule has 0 radical (unpaired) electrons. The summed E-state index contributed by atoms with van der Waals surface area (Å²) < 4.78 is 11.6. The minimum Gasteiger partial charge on any atom is -0.300 e. The molecule has 0 heterocycles. The Hall–Kier alpha value is -0.180. The summed E-state index contributed by atoms with van der Waals surface area (Å²) in [6.45, 7) is 6.52. The van der Waals surface area contributed by atoms with Gasteiger partial charge in [0.05, 0.1) is 0 Å². The Bertz CT molecular complexity index is 253. The lowest BCUT2D eigenvalue weighted by Gasteiger charge is -2.38. The van der Waals surface area contributed by atoms with E-state index in [0.29, 0.717) is 18.8 Å². The Kier molecular flexibility index (Phi) is 3.51. The van der Waals surface area contributed by atoms with E-state index in [9.17, 15) is 9.00 Å². The first-order chi connectivity index (χ1) is 6.32. The molecule has 0 aromatic carbocycles. The number of hydrogen-bond donors (Lipinski definition) is 0. The summed E-state index contributed by atoms with van der Waals surface area (Å²) in [6.07, 6.45) is 3.83. The highest BCUT2D eigenvalue weighted by Crippen LogP contribution is 2.38. The van der Waals surface area contributed by atoms with Crippen molar-refractivity contribution >= 4 is 16.6 Å². The molecule has 0 saturated heterocycles. The molecule has 1 aliphatic rings. The first kappa shape index (κ1) is 11.9. The van der Waals surface area contributed by atoms with Crippen LogP contribution in [0.2, 0.25) is 0 Å². The van der Waals surface area contributed by atoms with Crippen LogP contribution < -0.4 is 0 Å². The highest BCUT2D eigenvalue weighted by molar-refractivity contribution is 7.84. The van der Waals surface area contributed by atoms with E-state index in [-0.39, 0.29) is 16.4 Å². The molecule has 82 valence electrons. The van der Waals surface area contributed by atoms with Gasteiger partial charge in [0.2, 0.25) is 0 Å². The molecule has 3 atom stereocenters. The van der Waals surface area contributed by atoms with Gasteiger partial charge in [0, 0.05) is 35.1 Å². The Balaban J connectivity index is 2.83. The van der Waals surface area contributed by atoms with Crippen LogP contribution in [0.15, 0.2) is 0 Å². The third-order valence-electron chi connectivity index (χ3n) is 3.15. The monoisotopic (exact) mass is 216 g/mol. The maximum Gasteiger partial charge on any atom is 0.134 e. The van der Waals surface area contributed by atoms with E-state index < -0.39 is 10.8 Å². The number of hydrogen-bond acceptors (Lipinski definition) is 2. The van der Waals surface area contributed by atoms with Crippen LogP contribution in [0.3, 0.4) is 0 Å². The van der Waals surface area contributed by atoms with Gasteiger partial charge in [-0.05, 0) is 17.8 Å². The molecule has 0 spiro atoms. The third kappa shape index (κ3) is 2.66. The van der Waals surface area contributed by atoms with Crippen molar-refractivity contribution in [3.05, 3.63) is 0 Å². The van der Waals surface area contributed by atoms with Crippen molar-refractivity contribution in [3.8, 4) is 0 Å². The second-order valence-electron chi connectivity index (χ2n) is 5.29. The fourth-order valence-corrected chi connectivity index (χ4v) is 3.74. The normalized spacial score (nSPS) is 31.6. The highest BCUT2D eigenvalue weighted by atomic mass is 32.2.